The number of aromatic nitrogens is 2. The first-order chi connectivity index (χ1) is 14.0. The van der Waals surface area contributed by atoms with E-state index in [-0.39, 0.29) is 5.02 Å². The van der Waals surface area contributed by atoms with Gasteiger partial charge in [0.15, 0.2) is 0 Å². The van der Waals surface area contributed by atoms with Gasteiger partial charge in [0.05, 0.1) is 16.2 Å². The van der Waals surface area contributed by atoms with E-state index < -0.39 is 17.1 Å². The number of rotatable bonds is 2. The molecule has 4 nitrogen and oxygen atoms in total. The largest absolute Gasteiger partial charge is 0.333 e. The molecule has 0 aliphatic rings. The van der Waals surface area contributed by atoms with Crippen molar-refractivity contribution in [2.24, 2.45) is 0 Å². The number of benzene rings is 3. The lowest BCUT2D eigenvalue weighted by Gasteiger charge is -2.08. The highest BCUT2D eigenvalue weighted by Crippen LogP contribution is 2.35. The van der Waals surface area contributed by atoms with Crippen LogP contribution in [0.4, 0.5) is 4.39 Å². The Morgan fingerprint density at radius 3 is 2.59 bits per heavy atom. The molecule has 2 heterocycles. The predicted octanol–water partition coefficient (Wildman–Crippen LogP) is 5.35. The average Bonchev–Trinajstić information content (AvgIpc) is 3.12. The van der Waals surface area contributed by atoms with Gasteiger partial charge in [-0.05, 0) is 35.7 Å². The maximum atomic E-state index is 13.4. The van der Waals surface area contributed by atoms with Gasteiger partial charge >= 0.3 is 5.69 Å². The van der Waals surface area contributed by atoms with Gasteiger partial charge < -0.3 is 4.98 Å². The van der Waals surface area contributed by atoms with Gasteiger partial charge in [-0.1, -0.05) is 48.0 Å². The summed E-state index contributed by atoms with van der Waals surface area (Å²) >= 11 is 7.38. The number of hydrogen-bond acceptors (Lipinski definition) is 3. The van der Waals surface area contributed by atoms with Crippen LogP contribution in [0.15, 0.2) is 76.3 Å². The third-order valence-electron chi connectivity index (χ3n) is 4.78. The average molecular weight is 423 g/mol. The number of hydrogen-bond donors (Lipinski definition) is 1. The van der Waals surface area contributed by atoms with E-state index in [2.05, 4.69) is 4.98 Å². The zero-order valence-electron chi connectivity index (χ0n) is 14.8. The van der Waals surface area contributed by atoms with Crippen molar-refractivity contribution >= 4 is 43.9 Å². The molecule has 5 aromatic rings. The molecule has 5 rings (SSSR count). The van der Waals surface area contributed by atoms with Gasteiger partial charge in [-0.25, -0.2) is 13.8 Å². The standard InChI is InChI=1S/C22H12ClFN2O2S/c23-16-10-13(24)8-9-15(16)19-11-17-20(29-19)21(27)26(22(28)25-17)18-7-3-5-12-4-1-2-6-14(12)18/h1-11H,(H,25,28). The Balaban J connectivity index is 1.79. The highest BCUT2D eigenvalue weighted by Gasteiger charge is 2.16. The molecular weight excluding hydrogens is 411 g/mol. The minimum Gasteiger partial charge on any atom is -0.306 e. The van der Waals surface area contributed by atoms with Crippen molar-refractivity contribution in [3.8, 4) is 16.1 Å². The molecule has 0 saturated heterocycles. The fourth-order valence-electron chi connectivity index (χ4n) is 3.45. The van der Waals surface area contributed by atoms with Crippen LogP contribution in [0, 0.1) is 5.82 Å². The van der Waals surface area contributed by atoms with Crippen LogP contribution in [0.5, 0.6) is 0 Å². The monoisotopic (exact) mass is 422 g/mol. The van der Waals surface area contributed by atoms with E-state index in [1.165, 1.54) is 23.5 Å². The second kappa shape index (κ2) is 6.69. The number of nitrogens with zero attached hydrogens (tertiary/aromatic N) is 1. The third kappa shape index (κ3) is 2.88. The maximum Gasteiger partial charge on any atom is 0.333 e. The summed E-state index contributed by atoms with van der Waals surface area (Å²) in [5.74, 6) is -0.438. The molecule has 0 atom stereocenters. The van der Waals surface area contributed by atoms with E-state index in [1.807, 2.05) is 36.4 Å². The Bertz CT molecular complexity index is 1530. The van der Waals surface area contributed by atoms with Gasteiger partial charge in [0.1, 0.15) is 10.5 Å². The fraction of sp³-hybridized carbons (Fsp3) is 0. The lowest BCUT2D eigenvalue weighted by Crippen LogP contribution is -2.33. The molecule has 0 saturated carbocycles. The topological polar surface area (TPSA) is 54.9 Å². The molecule has 0 bridgehead atoms. The first-order valence-corrected chi connectivity index (χ1v) is 9.95. The van der Waals surface area contributed by atoms with E-state index in [0.29, 0.717) is 26.3 Å². The van der Waals surface area contributed by atoms with Crippen molar-refractivity contribution in [2.75, 3.05) is 0 Å². The van der Waals surface area contributed by atoms with Crippen molar-refractivity contribution in [2.45, 2.75) is 0 Å². The summed E-state index contributed by atoms with van der Waals surface area (Å²) in [6.07, 6.45) is 0. The van der Waals surface area contributed by atoms with Crippen LogP contribution in [-0.4, -0.2) is 9.55 Å². The summed E-state index contributed by atoms with van der Waals surface area (Å²) < 4.78 is 14.9. The summed E-state index contributed by atoms with van der Waals surface area (Å²) in [5, 5.41) is 1.98. The Kier molecular flexibility index (Phi) is 4.12. The van der Waals surface area contributed by atoms with Gasteiger partial charge in [-0.15, -0.1) is 11.3 Å². The van der Waals surface area contributed by atoms with Crippen molar-refractivity contribution in [3.05, 3.63) is 98.4 Å². The predicted molar refractivity (Wildman–Crippen MR) is 116 cm³/mol. The van der Waals surface area contributed by atoms with Crippen molar-refractivity contribution < 1.29 is 4.39 Å². The number of halogens is 2. The molecule has 0 aliphatic heterocycles. The van der Waals surface area contributed by atoms with Crippen LogP contribution >= 0.6 is 22.9 Å². The van der Waals surface area contributed by atoms with Crippen LogP contribution < -0.4 is 11.2 Å². The molecule has 2 aromatic heterocycles. The Labute approximate surface area is 172 Å². The lowest BCUT2D eigenvalue weighted by molar-refractivity contribution is 0.628. The molecule has 1 N–H and O–H groups in total. The summed E-state index contributed by atoms with van der Waals surface area (Å²) in [6, 6.07) is 18.8. The Morgan fingerprint density at radius 2 is 1.76 bits per heavy atom. The Morgan fingerprint density at radius 1 is 0.966 bits per heavy atom. The molecule has 0 radical (unpaired) electrons. The molecule has 3 aromatic carbocycles. The zero-order valence-corrected chi connectivity index (χ0v) is 16.4. The van der Waals surface area contributed by atoms with Gasteiger partial charge in [-0.3, -0.25) is 4.79 Å². The normalized spacial score (nSPS) is 11.4. The number of thiophene rings is 1. The zero-order chi connectivity index (χ0) is 20.1. The van der Waals surface area contributed by atoms with Crippen LogP contribution in [0.25, 0.3) is 37.1 Å². The lowest BCUT2D eigenvalue weighted by atomic mass is 10.1. The molecule has 0 fully saturated rings. The van der Waals surface area contributed by atoms with Crippen molar-refractivity contribution in [1.82, 2.24) is 9.55 Å². The first-order valence-electron chi connectivity index (χ1n) is 8.75. The van der Waals surface area contributed by atoms with E-state index in [4.69, 9.17) is 11.6 Å². The summed E-state index contributed by atoms with van der Waals surface area (Å²) in [6.45, 7) is 0. The molecule has 29 heavy (non-hydrogen) atoms. The fourth-order valence-corrected chi connectivity index (χ4v) is 4.86. The van der Waals surface area contributed by atoms with Crippen LogP contribution in [0.1, 0.15) is 0 Å². The molecule has 142 valence electrons. The second-order valence-electron chi connectivity index (χ2n) is 6.55. The van der Waals surface area contributed by atoms with Crippen molar-refractivity contribution in [3.63, 3.8) is 0 Å². The van der Waals surface area contributed by atoms with Gasteiger partial charge in [0, 0.05) is 15.8 Å². The van der Waals surface area contributed by atoms with Gasteiger partial charge in [0.25, 0.3) is 5.56 Å². The van der Waals surface area contributed by atoms with Crippen LogP contribution in [-0.2, 0) is 0 Å². The molecule has 7 heteroatoms. The van der Waals surface area contributed by atoms with Gasteiger partial charge in [0.2, 0.25) is 0 Å². The minimum absolute atomic E-state index is 0.244. The Hall–Kier alpha value is -3.22. The molecular formula is C22H12ClFN2O2S. The maximum absolute atomic E-state index is 13.4. The molecule has 0 amide bonds. The molecule has 0 aliphatic carbocycles. The highest BCUT2D eigenvalue weighted by atomic mass is 35.5. The first kappa shape index (κ1) is 17.8. The van der Waals surface area contributed by atoms with E-state index in [9.17, 15) is 14.0 Å². The summed E-state index contributed by atoms with van der Waals surface area (Å²) in [7, 11) is 0. The summed E-state index contributed by atoms with van der Waals surface area (Å²) in [4.78, 5) is 29.5. The van der Waals surface area contributed by atoms with Crippen LogP contribution in [0.3, 0.4) is 0 Å². The summed E-state index contributed by atoms with van der Waals surface area (Å²) in [5.41, 5.74) is 0.622. The molecule has 0 spiro atoms. The number of fused-ring (bicyclic) bond motifs is 2. The third-order valence-corrected chi connectivity index (χ3v) is 6.25. The highest BCUT2D eigenvalue weighted by molar-refractivity contribution is 7.22. The van der Waals surface area contributed by atoms with Crippen molar-refractivity contribution in [1.29, 1.82) is 0 Å². The van der Waals surface area contributed by atoms with E-state index >= 15 is 0 Å². The van der Waals surface area contributed by atoms with E-state index in [1.54, 1.807) is 18.2 Å². The van der Waals surface area contributed by atoms with Crippen LogP contribution in [0.2, 0.25) is 5.02 Å². The quantitative estimate of drug-likeness (QED) is 0.416. The number of aromatic amines is 1. The smallest absolute Gasteiger partial charge is 0.306 e. The number of H-pyrrole nitrogens is 1. The second-order valence-corrected chi connectivity index (χ2v) is 8.01. The van der Waals surface area contributed by atoms with E-state index in [0.717, 1.165) is 15.3 Å². The van der Waals surface area contributed by atoms with Gasteiger partial charge in [-0.2, -0.15) is 0 Å². The molecule has 0 unspecified atom stereocenters. The number of nitrogens with one attached hydrogen (secondary N) is 1. The SMILES string of the molecule is O=c1[nH]c2cc(-c3ccc(F)cc3Cl)sc2c(=O)n1-c1cccc2ccccc12. The minimum atomic E-state index is -0.520.